The molecule has 0 aliphatic rings. The van der Waals surface area contributed by atoms with Gasteiger partial charge in [0.05, 0.1) is 5.25 Å². The first-order valence-electron chi connectivity index (χ1n) is 5.53. The van der Waals surface area contributed by atoms with Crippen molar-refractivity contribution >= 4 is 23.7 Å². The van der Waals surface area contributed by atoms with Crippen molar-refractivity contribution in [2.24, 2.45) is 11.7 Å². The highest BCUT2D eigenvalue weighted by molar-refractivity contribution is 8.00. The number of benzene rings is 1. The van der Waals surface area contributed by atoms with Gasteiger partial charge >= 0.3 is 6.03 Å². The lowest BCUT2D eigenvalue weighted by atomic mass is 10.1. The predicted octanol–water partition coefficient (Wildman–Crippen LogP) is 2.28. The van der Waals surface area contributed by atoms with E-state index in [9.17, 15) is 18.4 Å². The fourth-order valence-corrected chi connectivity index (χ4v) is 2.42. The van der Waals surface area contributed by atoms with Gasteiger partial charge in [0.2, 0.25) is 5.91 Å². The zero-order valence-corrected chi connectivity index (χ0v) is 11.3. The quantitative estimate of drug-likeness (QED) is 0.835. The molecule has 0 bridgehead atoms. The number of carbonyl (C=O) groups is 2. The monoisotopic (exact) mass is 288 g/mol. The summed E-state index contributed by atoms with van der Waals surface area (Å²) in [6.07, 6.45) is 0. The summed E-state index contributed by atoms with van der Waals surface area (Å²) < 4.78 is 26.3. The summed E-state index contributed by atoms with van der Waals surface area (Å²) in [5.41, 5.74) is 4.87. The lowest BCUT2D eigenvalue weighted by molar-refractivity contribution is -0.120. The zero-order chi connectivity index (χ0) is 14.6. The van der Waals surface area contributed by atoms with Crippen LogP contribution in [0.1, 0.15) is 13.8 Å². The molecule has 3 N–H and O–H groups in total. The van der Waals surface area contributed by atoms with Gasteiger partial charge < -0.3 is 5.73 Å². The molecule has 0 aliphatic heterocycles. The molecule has 4 nitrogen and oxygen atoms in total. The van der Waals surface area contributed by atoms with E-state index in [1.54, 1.807) is 13.8 Å². The molecule has 3 amide bonds. The van der Waals surface area contributed by atoms with Gasteiger partial charge in [-0.2, -0.15) is 0 Å². The lowest BCUT2D eigenvalue weighted by Crippen LogP contribution is -2.42. The Morgan fingerprint density at radius 3 is 2.42 bits per heavy atom. The number of halogens is 2. The van der Waals surface area contributed by atoms with Crippen LogP contribution in [-0.4, -0.2) is 17.2 Å². The second-order valence-electron chi connectivity index (χ2n) is 4.21. The van der Waals surface area contributed by atoms with E-state index in [-0.39, 0.29) is 10.8 Å². The van der Waals surface area contributed by atoms with Crippen molar-refractivity contribution in [3.63, 3.8) is 0 Å². The summed E-state index contributed by atoms with van der Waals surface area (Å²) in [6.45, 7) is 3.50. The molecule has 0 aliphatic carbocycles. The van der Waals surface area contributed by atoms with Crippen LogP contribution in [0.2, 0.25) is 0 Å². The van der Waals surface area contributed by atoms with Crippen molar-refractivity contribution in [1.82, 2.24) is 5.32 Å². The van der Waals surface area contributed by atoms with Crippen molar-refractivity contribution < 1.29 is 18.4 Å². The number of primary amides is 1. The highest BCUT2D eigenvalue weighted by Crippen LogP contribution is 2.30. The van der Waals surface area contributed by atoms with Gasteiger partial charge in [0.15, 0.2) is 0 Å². The molecule has 1 atom stereocenters. The Balaban J connectivity index is 2.89. The standard InChI is InChI=1S/C12H14F2N2O2S/c1-6(2)10(11(17)16-12(15)18)19-9-4-3-7(13)5-8(9)14/h3-6,10H,1-2H3,(H3,15,16,17,18)/t10-/m1/s1. The van der Waals surface area contributed by atoms with Gasteiger partial charge in [-0.3, -0.25) is 10.1 Å². The molecule has 1 rings (SSSR count). The number of nitrogens with two attached hydrogens (primary N) is 1. The summed E-state index contributed by atoms with van der Waals surface area (Å²) in [6, 6.07) is 2.14. The Morgan fingerprint density at radius 2 is 1.95 bits per heavy atom. The van der Waals surface area contributed by atoms with Crippen LogP contribution in [0, 0.1) is 17.6 Å². The second-order valence-corrected chi connectivity index (χ2v) is 5.39. The van der Waals surface area contributed by atoms with Gasteiger partial charge in [-0.25, -0.2) is 13.6 Å². The van der Waals surface area contributed by atoms with Crippen LogP contribution in [0.5, 0.6) is 0 Å². The maximum absolute atomic E-state index is 13.5. The Hall–Kier alpha value is -1.63. The van der Waals surface area contributed by atoms with Crippen molar-refractivity contribution in [1.29, 1.82) is 0 Å². The molecule has 104 valence electrons. The van der Waals surface area contributed by atoms with Crippen LogP contribution in [0.4, 0.5) is 13.6 Å². The number of urea groups is 1. The molecule has 0 radical (unpaired) electrons. The molecule has 0 aromatic heterocycles. The van der Waals surface area contributed by atoms with Crippen LogP contribution in [0.3, 0.4) is 0 Å². The van der Waals surface area contributed by atoms with E-state index in [1.165, 1.54) is 6.07 Å². The van der Waals surface area contributed by atoms with Crippen LogP contribution >= 0.6 is 11.8 Å². The molecule has 0 fully saturated rings. The summed E-state index contributed by atoms with van der Waals surface area (Å²) in [5, 5.41) is 1.26. The minimum absolute atomic E-state index is 0.139. The minimum Gasteiger partial charge on any atom is -0.351 e. The number of hydrogen-bond donors (Lipinski definition) is 2. The Bertz CT molecular complexity index is 495. The smallest absolute Gasteiger partial charge is 0.318 e. The normalized spacial score (nSPS) is 12.3. The van der Waals surface area contributed by atoms with E-state index in [2.05, 4.69) is 0 Å². The molecular weight excluding hydrogens is 274 g/mol. The van der Waals surface area contributed by atoms with Crippen LogP contribution < -0.4 is 11.1 Å². The summed E-state index contributed by atoms with van der Waals surface area (Å²) >= 11 is 0.921. The largest absolute Gasteiger partial charge is 0.351 e. The van der Waals surface area contributed by atoms with Gasteiger partial charge in [-0.1, -0.05) is 13.8 Å². The fraction of sp³-hybridized carbons (Fsp3) is 0.333. The minimum atomic E-state index is -0.962. The van der Waals surface area contributed by atoms with Gasteiger partial charge in [-0.15, -0.1) is 11.8 Å². The third-order valence-corrected chi connectivity index (χ3v) is 3.86. The molecule has 7 heteroatoms. The van der Waals surface area contributed by atoms with Gasteiger partial charge in [-0.05, 0) is 18.1 Å². The Morgan fingerprint density at radius 1 is 1.32 bits per heavy atom. The number of nitrogens with one attached hydrogen (secondary N) is 1. The Labute approximate surface area is 113 Å². The molecule has 1 aromatic carbocycles. The summed E-state index contributed by atoms with van der Waals surface area (Å²) in [5.74, 6) is -2.20. The van der Waals surface area contributed by atoms with Crippen LogP contribution in [0.15, 0.2) is 23.1 Å². The molecule has 0 saturated heterocycles. The van der Waals surface area contributed by atoms with Gasteiger partial charge in [0.25, 0.3) is 0 Å². The molecule has 19 heavy (non-hydrogen) atoms. The highest BCUT2D eigenvalue weighted by Gasteiger charge is 2.25. The van der Waals surface area contributed by atoms with Gasteiger partial charge in [0, 0.05) is 11.0 Å². The third kappa shape index (κ3) is 4.51. The lowest BCUT2D eigenvalue weighted by Gasteiger charge is -2.19. The molecule has 0 unspecified atom stereocenters. The summed E-state index contributed by atoms with van der Waals surface area (Å²) in [7, 11) is 0. The van der Waals surface area contributed by atoms with Crippen molar-refractivity contribution in [3.8, 4) is 0 Å². The first-order valence-corrected chi connectivity index (χ1v) is 6.41. The number of imide groups is 1. The first kappa shape index (κ1) is 15.4. The van der Waals surface area contributed by atoms with Crippen molar-refractivity contribution in [3.05, 3.63) is 29.8 Å². The predicted molar refractivity (Wildman–Crippen MR) is 68.6 cm³/mol. The second kappa shape index (κ2) is 6.51. The first-order chi connectivity index (χ1) is 8.81. The average Bonchev–Trinajstić information content (AvgIpc) is 2.26. The Kier molecular flexibility index (Phi) is 5.29. The zero-order valence-electron chi connectivity index (χ0n) is 10.4. The van der Waals surface area contributed by atoms with Crippen LogP contribution in [-0.2, 0) is 4.79 Å². The van der Waals surface area contributed by atoms with Crippen LogP contribution in [0.25, 0.3) is 0 Å². The van der Waals surface area contributed by atoms with E-state index in [4.69, 9.17) is 5.73 Å². The SMILES string of the molecule is CC(C)[C@@H](Sc1ccc(F)cc1F)C(=O)NC(N)=O. The number of carbonyl (C=O) groups excluding carboxylic acids is 2. The molecule has 0 spiro atoms. The molecular formula is C12H14F2N2O2S. The highest BCUT2D eigenvalue weighted by atomic mass is 32.2. The van der Waals surface area contributed by atoms with Crippen molar-refractivity contribution in [2.45, 2.75) is 24.0 Å². The fourth-order valence-electron chi connectivity index (χ4n) is 1.39. The van der Waals surface area contributed by atoms with E-state index in [0.29, 0.717) is 0 Å². The van der Waals surface area contributed by atoms with E-state index < -0.39 is 28.8 Å². The third-order valence-electron chi connectivity index (χ3n) is 2.26. The maximum Gasteiger partial charge on any atom is 0.318 e. The van der Waals surface area contributed by atoms with E-state index in [1.807, 2.05) is 5.32 Å². The maximum atomic E-state index is 13.5. The number of amides is 3. The van der Waals surface area contributed by atoms with E-state index in [0.717, 1.165) is 23.9 Å². The number of hydrogen-bond acceptors (Lipinski definition) is 3. The summed E-state index contributed by atoms with van der Waals surface area (Å²) in [4.78, 5) is 22.5. The van der Waals surface area contributed by atoms with Gasteiger partial charge in [0.1, 0.15) is 11.6 Å². The molecule has 0 heterocycles. The molecule has 1 aromatic rings. The average molecular weight is 288 g/mol. The topological polar surface area (TPSA) is 72.2 Å². The van der Waals surface area contributed by atoms with E-state index >= 15 is 0 Å². The number of rotatable bonds is 4. The van der Waals surface area contributed by atoms with Crippen molar-refractivity contribution in [2.75, 3.05) is 0 Å². The molecule has 0 saturated carbocycles. The number of thioether (sulfide) groups is 1.